The van der Waals surface area contributed by atoms with Gasteiger partial charge in [-0.2, -0.15) is 0 Å². The Morgan fingerprint density at radius 3 is 2.43 bits per heavy atom. The number of para-hydroxylation sites is 1. The minimum absolute atomic E-state index is 0.188. The van der Waals surface area contributed by atoms with Crippen molar-refractivity contribution in [3.63, 3.8) is 0 Å². The molecule has 0 aliphatic carbocycles. The zero-order chi connectivity index (χ0) is 15.1. The van der Waals surface area contributed by atoms with E-state index in [-0.39, 0.29) is 18.2 Å². The maximum absolute atomic E-state index is 12.1. The molecule has 0 aliphatic heterocycles. The Balaban J connectivity index is 1.96. The minimum Gasteiger partial charge on any atom is -0.451 e. The molecule has 0 fully saturated rings. The maximum Gasteiger partial charge on any atom is 0.357 e. The summed E-state index contributed by atoms with van der Waals surface area (Å²) in [5.41, 5.74) is 0.965. The zero-order valence-electron chi connectivity index (χ0n) is 11.7. The predicted molar refractivity (Wildman–Crippen MR) is 79.0 cm³/mol. The number of hydrogen-bond acceptors (Lipinski definition) is 4. The van der Waals surface area contributed by atoms with E-state index in [1.807, 2.05) is 37.3 Å². The smallest absolute Gasteiger partial charge is 0.357 e. The summed E-state index contributed by atoms with van der Waals surface area (Å²) in [5, 5.41) is 0. The fourth-order valence-corrected chi connectivity index (χ4v) is 1.87. The largest absolute Gasteiger partial charge is 0.451 e. The summed E-state index contributed by atoms with van der Waals surface area (Å²) in [4.78, 5) is 29.3. The Morgan fingerprint density at radius 2 is 1.81 bits per heavy atom. The van der Waals surface area contributed by atoms with E-state index in [4.69, 9.17) is 4.74 Å². The van der Waals surface area contributed by atoms with Gasteiger partial charge in [0.25, 0.3) is 5.91 Å². The molecule has 0 saturated heterocycles. The molecule has 0 saturated carbocycles. The Kier molecular flexibility index (Phi) is 5.04. The topological polar surface area (TPSA) is 59.5 Å². The molecule has 1 aromatic carbocycles. The molecule has 0 atom stereocenters. The Morgan fingerprint density at radius 1 is 1.10 bits per heavy atom. The van der Waals surface area contributed by atoms with Gasteiger partial charge < -0.3 is 9.64 Å². The molecule has 0 unspecified atom stereocenters. The van der Waals surface area contributed by atoms with Crippen LogP contribution in [-0.4, -0.2) is 30.0 Å². The molecular formula is C16H16N2O3. The summed E-state index contributed by atoms with van der Waals surface area (Å²) in [6.45, 7) is 2.06. The van der Waals surface area contributed by atoms with E-state index in [1.165, 1.54) is 6.20 Å². The molecule has 0 bridgehead atoms. The number of nitrogens with zero attached hydrogens (tertiary/aromatic N) is 2. The number of carbonyl (C=O) groups is 2. The van der Waals surface area contributed by atoms with Gasteiger partial charge in [0.2, 0.25) is 0 Å². The third kappa shape index (κ3) is 3.89. The molecule has 1 amide bonds. The molecule has 5 heteroatoms. The van der Waals surface area contributed by atoms with E-state index in [2.05, 4.69) is 4.98 Å². The van der Waals surface area contributed by atoms with Crippen LogP contribution in [0.25, 0.3) is 0 Å². The van der Waals surface area contributed by atoms with E-state index < -0.39 is 5.97 Å². The molecule has 21 heavy (non-hydrogen) atoms. The second-order valence-corrected chi connectivity index (χ2v) is 4.26. The molecule has 0 spiro atoms. The molecule has 0 N–H and O–H groups in total. The number of amides is 1. The number of hydrogen-bond donors (Lipinski definition) is 0. The number of carbonyl (C=O) groups excluding carboxylic acids is 2. The van der Waals surface area contributed by atoms with E-state index in [1.54, 1.807) is 23.1 Å². The number of rotatable bonds is 5. The van der Waals surface area contributed by atoms with Crippen LogP contribution in [0.15, 0.2) is 54.7 Å². The number of anilines is 1. The van der Waals surface area contributed by atoms with Crippen molar-refractivity contribution in [3.8, 4) is 0 Å². The van der Waals surface area contributed by atoms with Crippen LogP contribution in [0.2, 0.25) is 0 Å². The van der Waals surface area contributed by atoms with Gasteiger partial charge in [-0.25, -0.2) is 9.78 Å². The molecule has 2 rings (SSSR count). The molecule has 108 valence electrons. The van der Waals surface area contributed by atoms with E-state index in [9.17, 15) is 9.59 Å². The van der Waals surface area contributed by atoms with Gasteiger partial charge in [0.15, 0.2) is 6.61 Å². The second kappa shape index (κ2) is 7.19. The molecular weight excluding hydrogens is 268 g/mol. The molecule has 1 aromatic heterocycles. The van der Waals surface area contributed by atoms with Crippen molar-refractivity contribution in [3.05, 3.63) is 60.4 Å². The Hall–Kier alpha value is -2.69. The lowest BCUT2D eigenvalue weighted by atomic mass is 10.3. The summed E-state index contributed by atoms with van der Waals surface area (Å²) < 4.78 is 5.00. The van der Waals surface area contributed by atoms with Gasteiger partial charge in [-0.15, -0.1) is 0 Å². The summed E-state index contributed by atoms with van der Waals surface area (Å²) in [5.74, 6) is -0.874. The quantitative estimate of drug-likeness (QED) is 0.790. The first-order valence-corrected chi connectivity index (χ1v) is 6.66. The van der Waals surface area contributed by atoms with Crippen LogP contribution in [0.5, 0.6) is 0 Å². The van der Waals surface area contributed by atoms with Crippen LogP contribution in [0, 0.1) is 0 Å². The van der Waals surface area contributed by atoms with Crippen molar-refractivity contribution >= 4 is 17.6 Å². The fourth-order valence-electron chi connectivity index (χ4n) is 1.87. The Bertz CT molecular complexity index is 599. The lowest BCUT2D eigenvalue weighted by molar-refractivity contribution is -0.121. The van der Waals surface area contributed by atoms with Gasteiger partial charge in [0, 0.05) is 18.4 Å². The van der Waals surface area contributed by atoms with E-state index >= 15 is 0 Å². The average Bonchev–Trinajstić information content (AvgIpc) is 2.55. The lowest BCUT2D eigenvalue weighted by Crippen LogP contribution is -2.34. The summed E-state index contributed by atoms with van der Waals surface area (Å²) >= 11 is 0. The number of aromatic nitrogens is 1. The zero-order valence-corrected chi connectivity index (χ0v) is 11.7. The van der Waals surface area contributed by atoms with Gasteiger partial charge in [0.05, 0.1) is 0 Å². The van der Waals surface area contributed by atoms with Gasteiger partial charge >= 0.3 is 5.97 Å². The monoisotopic (exact) mass is 284 g/mol. The maximum atomic E-state index is 12.1. The standard InChI is InChI=1S/C16H16N2O3/c1-2-18(13-8-4-3-5-9-13)15(19)12-21-16(20)14-10-6-7-11-17-14/h3-11H,2,12H2,1H3. The normalized spacial score (nSPS) is 9.95. The van der Waals surface area contributed by atoms with Crippen molar-refractivity contribution in [2.24, 2.45) is 0 Å². The third-order valence-corrected chi connectivity index (χ3v) is 2.89. The van der Waals surface area contributed by atoms with Crippen molar-refractivity contribution in [1.29, 1.82) is 0 Å². The molecule has 1 heterocycles. The van der Waals surface area contributed by atoms with Crippen LogP contribution in [0.3, 0.4) is 0 Å². The number of ether oxygens (including phenoxy) is 1. The highest BCUT2D eigenvalue weighted by Crippen LogP contribution is 2.13. The molecule has 2 aromatic rings. The van der Waals surface area contributed by atoms with Crippen LogP contribution in [-0.2, 0) is 9.53 Å². The number of esters is 1. The van der Waals surface area contributed by atoms with Crippen LogP contribution < -0.4 is 4.90 Å². The van der Waals surface area contributed by atoms with Crippen molar-refractivity contribution < 1.29 is 14.3 Å². The summed E-state index contributed by atoms with van der Waals surface area (Å²) in [7, 11) is 0. The second-order valence-electron chi connectivity index (χ2n) is 4.26. The first-order chi connectivity index (χ1) is 10.2. The molecule has 0 radical (unpaired) electrons. The first kappa shape index (κ1) is 14.7. The van der Waals surface area contributed by atoms with Gasteiger partial charge in [0.1, 0.15) is 5.69 Å². The highest BCUT2D eigenvalue weighted by molar-refractivity contribution is 5.96. The molecule has 0 aliphatic rings. The van der Waals surface area contributed by atoms with Gasteiger partial charge in [-0.1, -0.05) is 24.3 Å². The van der Waals surface area contributed by atoms with Crippen LogP contribution in [0.4, 0.5) is 5.69 Å². The number of pyridine rings is 1. The average molecular weight is 284 g/mol. The van der Waals surface area contributed by atoms with Crippen molar-refractivity contribution in [2.75, 3.05) is 18.1 Å². The SMILES string of the molecule is CCN(C(=O)COC(=O)c1ccccn1)c1ccccc1. The number of benzene rings is 1. The highest BCUT2D eigenvalue weighted by Gasteiger charge is 2.16. The van der Waals surface area contributed by atoms with E-state index in [0.717, 1.165) is 5.69 Å². The summed E-state index contributed by atoms with van der Waals surface area (Å²) in [6.07, 6.45) is 1.50. The predicted octanol–water partition coefficient (Wildman–Crippen LogP) is 2.29. The summed E-state index contributed by atoms with van der Waals surface area (Å²) in [6, 6.07) is 14.2. The van der Waals surface area contributed by atoms with Crippen molar-refractivity contribution in [1.82, 2.24) is 4.98 Å². The molecule has 5 nitrogen and oxygen atoms in total. The minimum atomic E-state index is -0.604. The van der Waals surface area contributed by atoms with Gasteiger partial charge in [-0.05, 0) is 31.2 Å². The highest BCUT2D eigenvalue weighted by atomic mass is 16.5. The fraction of sp³-hybridized carbons (Fsp3) is 0.188. The van der Waals surface area contributed by atoms with E-state index in [0.29, 0.717) is 6.54 Å². The first-order valence-electron chi connectivity index (χ1n) is 6.66. The van der Waals surface area contributed by atoms with Crippen molar-refractivity contribution in [2.45, 2.75) is 6.92 Å². The van der Waals surface area contributed by atoms with Crippen LogP contribution >= 0.6 is 0 Å². The van der Waals surface area contributed by atoms with Gasteiger partial charge in [-0.3, -0.25) is 4.79 Å². The Labute approximate surface area is 123 Å². The lowest BCUT2D eigenvalue weighted by Gasteiger charge is -2.20. The third-order valence-electron chi connectivity index (χ3n) is 2.89. The van der Waals surface area contributed by atoms with Crippen LogP contribution in [0.1, 0.15) is 17.4 Å². The number of likely N-dealkylation sites (N-methyl/N-ethyl adjacent to an activating group) is 1.